The second-order valence-corrected chi connectivity index (χ2v) is 6.14. The SMILES string of the molecule is CN(c1cccc(O)c1)S(=O)(=O)c1ccc(N)c(F)c1. The third kappa shape index (κ3) is 2.53. The average molecular weight is 296 g/mol. The van der Waals surface area contributed by atoms with Crippen LogP contribution in [0.3, 0.4) is 0 Å². The minimum absolute atomic E-state index is 0.0620. The predicted octanol–water partition coefficient (Wildman–Crippen LogP) is 1.94. The molecule has 0 heterocycles. The molecule has 3 N–H and O–H groups in total. The number of hydrogen-bond donors (Lipinski definition) is 2. The number of rotatable bonds is 3. The van der Waals surface area contributed by atoms with Crippen LogP contribution < -0.4 is 10.0 Å². The fourth-order valence-electron chi connectivity index (χ4n) is 1.65. The Labute approximate surface area is 116 Å². The van der Waals surface area contributed by atoms with Gasteiger partial charge in [-0.05, 0) is 30.3 Å². The molecule has 2 rings (SSSR count). The van der Waals surface area contributed by atoms with E-state index in [1.807, 2.05) is 0 Å². The minimum atomic E-state index is -3.92. The van der Waals surface area contributed by atoms with E-state index in [-0.39, 0.29) is 22.0 Å². The van der Waals surface area contributed by atoms with Gasteiger partial charge in [0.25, 0.3) is 10.0 Å². The Hall–Kier alpha value is -2.28. The summed E-state index contributed by atoms with van der Waals surface area (Å²) >= 11 is 0. The van der Waals surface area contributed by atoms with Crippen LogP contribution in [0.1, 0.15) is 0 Å². The zero-order valence-corrected chi connectivity index (χ0v) is 11.4. The van der Waals surface area contributed by atoms with Crippen LogP contribution in [0.15, 0.2) is 47.4 Å². The molecule has 106 valence electrons. The summed E-state index contributed by atoms with van der Waals surface area (Å²) in [5.74, 6) is -0.858. The van der Waals surface area contributed by atoms with Crippen molar-refractivity contribution < 1.29 is 17.9 Å². The fraction of sp³-hybridized carbons (Fsp3) is 0.0769. The summed E-state index contributed by atoms with van der Waals surface area (Å²) in [5.41, 5.74) is 5.47. The predicted molar refractivity (Wildman–Crippen MR) is 74.5 cm³/mol. The summed E-state index contributed by atoms with van der Waals surface area (Å²) in [4.78, 5) is -0.213. The maximum Gasteiger partial charge on any atom is 0.264 e. The first-order valence-electron chi connectivity index (χ1n) is 5.65. The molecule has 2 aromatic carbocycles. The maximum absolute atomic E-state index is 13.4. The first-order chi connectivity index (χ1) is 9.32. The Morgan fingerprint density at radius 3 is 2.50 bits per heavy atom. The molecule has 7 heteroatoms. The lowest BCUT2D eigenvalue weighted by atomic mass is 10.3. The van der Waals surface area contributed by atoms with E-state index in [4.69, 9.17) is 5.73 Å². The van der Waals surface area contributed by atoms with Gasteiger partial charge in [0.1, 0.15) is 11.6 Å². The van der Waals surface area contributed by atoms with Crippen molar-refractivity contribution in [1.29, 1.82) is 0 Å². The number of sulfonamides is 1. The van der Waals surface area contributed by atoms with Gasteiger partial charge in [-0.15, -0.1) is 0 Å². The smallest absolute Gasteiger partial charge is 0.264 e. The maximum atomic E-state index is 13.4. The van der Waals surface area contributed by atoms with E-state index in [2.05, 4.69) is 0 Å². The van der Waals surface area contributed by atoms with Gasteiger partial charge in [-0.1, -0.05) is 6.07 Å². The number of phenolic OH excluding ortho intramolecular Hbond substituents is 1. The molecular weight excluding hydrogens is 283 g/mol. The zero-order chi connectivity index (χ0) is 14.9. The fourth-order valence-corrected chi connectivity index (χ4v) is 2.85. The second kappa shape index (κ2) is 5.01. The third-order valence-corrected chi connectivity index (χ3v) is 4.61. The van der Waals surface area contributed by atoms with Crippen LogP contribution in [0.4, 0.5) is 15.8 Å². The molecule has 0 aliphatic carbocycles. The molecule has 0 saturated carbocycles. The lowest BCUT2D eigenvalue weighted by molar-refractivity contribution is 0.475. The molecule has 20 heavy (non-hydrogen) atoms. The average Bonchev–Trinajstić information content (AvgIpc) is 2.40. The Bertz CT molecular complexity index is 747. The first kappa shape index (κ1) is 14.1. The minimum Gasteiger partial charge on any atom is -0.508 e. The van der Waals surface area contributed by atoms with Gasteiger partial charge in [0.05, 0.1) is 16.3 Å². The first-order valence-corrected chi connectivity index (χ1v) is 7.09. The molecule has 0 unspecified atom stereocenters. The Morgan fingerprint density at radius 2 is 1.90 bits per heavy atom. The molecule has 0 fully saturated rings. The van der Waals surface area contributed by atoms with Crippen molar-refractivity contribution in [3.63, 3.8) is 0 Å². The number of hydrogen-bond acceptors (Lipinski definition) is 4. The van der Waals surface area contributed by atoms with Crippen molar-refractivity contribution in [2.75, 3.05) is 17.1 Å². The molecule has 0 radical (unpaired) electrons. The summed E-state index contributed by atoms with van der Waals surface area (Å²) in [5, 5.41) is 9.38. The van der Waals surface area contributed by atoms with Crippen molar-refractivity contribution in [2.45, 2.75) is 4.90 Å². The van der Waals surface area contributed by atoms with Crippen molar-refractivity contribution in [3.05, 3.63) is 48.3 Å². The number of phenols is 1. The number of nitrogens with zero attached hydrogens (tertiary/aromatic N) is 1. The molecule has 0 aromatic heterocycles. The molecule has 0 saturated heterocycles. The highest BCUT2D eigenvalue weighted by Gasteiger charge is 2.22. The largest absolute Gasteiger partial charge is 0.508 e. The third-order valence-electron chi connectivity index (χ3n) is 2.82. The number of aromatic hydroxyl groups is 1. The van der Waals surface area contributed by atoms with E-state index in [1.54, 1.807) is 0 Å². The molecule has 0 aliphatic rings. The van der Waals surface area contributed by atoms with Crippen LogP contribution in [0.2, 0.25) is 0 Å². The zero-order valence-electron chi connectivity index (χ0n) is 10.6. The summed E-state index contributed by atoms with van der Waals surface area (Å²) in [6, 6.07) is 9.04. The Balaban J connectivity index is 2.46. The van der Waals surface area contributed by atoms with Gasteiger partial charge in [0, 0.05) is 13.1 Å². The van der Waals surface area contributed by atoms with E-state index in [0.717, 1.165) is 10.4 Å². The van der Waals surface area contributed by atoms with Gasteiger partial charge in [0.2, 0.25) is 0 Å². The number of anilines is 2. The van der Waals surface area contributed by atoms with Crippen LogP contribution in [-0.4, -0.2) is 20.6 Å². The molecule has 0 amide bonds. The highest BCUT2D eigenvalue weighted by atomic mass is 32.2. The second-order valence-electron chi connectivity index (χ2n) is 4.18. The van der Waals surface area contributed by atoms with Crippen molar-refractivity contribution in [2.24, 2.45) is 0 Å². The van der Waals surface area contributed by atoms with Crippen molar-refractivity contribution in [3.8, 4) is 5.75 Å². The van der Waals surface area contributed by atoms with Crippen molar-refractivity contribution >= 4 is 21.4 Å². The van der Waals surface area contributed by atoms with E-state index in [9.17, 15) is 17.9 Å². The summed E-state index contributed by atoms with van der Waals surface area (Å²) in [7, 11) is -2.60. The van der Waals surface area contributed by atoms with Gasteiger partial charge in [-0.3, -0.25) is 4.31 Å². The molecule has 0 spiro atoms. The van der Waals surface area contributed by atoms with Crippen LogP contribution in [0, 0.1) is 5.82 Å². The van der Waals surface area contributed by atoms with E-state index >= 15 is 0 Å². The molecule has 0 aliphatic heterocycles. The van der Waals surface area contributed by atoms with Crippen LogP contribution >= 0.6 is 0 Å². The summed E-state index contributed by atoms with van der Waals surface area (Å²) < 4.78 is 39.0. The summed E-state index contributed by atoms with van der Waals surface area (Å²) in [6.45, 7) is 0. The number of halogens is 1. The van der Waals surface area contributed by atoms with E-state index < -0.39 is 15.8 Å². The van der Waals surface area contributed by atoms with Gasteiger partial charge in [-0.25, -0.2) is 12.8 Å². The Morgan fingerprint density at radius 1 is 1.20 bits per heavy atom. The normalized spacial score (nSPS) is 11.3. The molecule has 0 atom stereocenters. The van der Waals surface area contributed by atoms with Gasteiger partial charge < -0.3 is 10.8 Å². The van der Waals surface area contributed by atoms with E-state index in [0.29, 0.717) is 0 Å². The number of nitrogen functional groups attached to an aromatic ring is 1. The van der Waals surface area contributed by atoms with Crippen molar-refractivity contribution in [1.82, 2.24) is 0 Å². The lowest BCUT2D eigenvalue weighted by Gasteiger charge is -2.19. The van der Waals surface area contributed by atoms with Crippen LogP contribution in [0.5, 0.6) is 5.75 Å². The van der Waals surface area contributed by atoms with Crippen LogP contribution in [0.25, 0.3) is 0 Å². The molecule has 2 aromatic rings. The number of nitrogens with two attached hydrogens (primary N) is 1. The quantitative estimate of drug-likeness (QED) is 0.848. The van der Waals surface area contributed by atoms with Gasteiger partial charge in [0.15, 0.2) is 0 Å². The number of benzene rings is 2. The van der Waals surface area contributed by atoms with Gasteiger partial charge >= 0.3 is 0 Å². The highest BCUT2D eigenvalue weighted by Crippen LogP contribution is 2.26. The van der Waals surface area contributed by atoms with Gasteiger partial charge in [-0.2, -0.15) is 0 Å². The monoisotopic (exact) mass is 296 g/mol. The van der Waals surface area contributed by atoms with Crippen LogP contribution in [-0.2, 0) is 10.0 Å². The Kier molecular flexibility index (Phi) is 3.54. The molecular formula is C13H13FN2O3S. The highest BCUT2D eigenvalue weighted by molar-refractivity contribution is 7.92. The molecule has 0 bridgehead atoms. The summed E-state index contributed by atoms with van der Waals surface area (Å²) in [6.07, 6.45) is 0. The lowest BCUT2D eigenvalue weighted by Crippen LogP contribution is -2.26. The van der Waals surface area contributed by atoms with E-state index in [1.165, 1.54) is 43.4 Å². The molecule has 5 nitrogen and oxygen atoms in total. The topological polar surface area (TPSA) is 83.6 Å². The standard InChI is InChI=1S/C13H13FN2O3S/c1-16(9-3-2-4-10(17)7-9)20(18,19)11-5-6-13(15)12(14)8-11/h2-8,17H,15H2,1H3.